The summed E-state index contributed by atoms with van der Waals surface area (Å²) in [5, 5.41) is 8.21. The minimum absolute atomic E-state index is 0.0329. The molecule has 2 aromatic rings. The van der Waals surface area contributed by atoms with Gasteiger partial charge in [0.2, 0.25) is 0 Å². The van der Waals surface area contributed by atoms with Gasteiger partial charge >= 0.3 is 0 Å². The summed E-state index contributed by atoms with van der Waals surface area (Å²) in [6.07, 6.45) is 3.39. The van der Waals surface area contributed by atoms with Crippen molar-refractivity contribution < 1.29 is 0 Å². The molecule has 21 heavy (non-hydrogen) atoms. The van der Waals surface area contributed by atoms with E-state index in [1.807, 2.05) is 4.68 Å². The van der Waals surface area contributed by atoms with Crippen LogP contribution in [-0.2, 0) is 6.54 Å². The predicted molar refractivity (Wildman–Crippen MR) is 81.2 cm³/mol. The van der Waals surface area contributed by atoms with E-state index in [2.05, 4.69) is 39.2 Å². The molecule has 0 saturated heterocycles. The minimum Gasteiger partial charge on any atom is -0.382 e. The topological polar surface area (TPSA) is 94.5 Å². The van der Waals surface area contributed by atoms with Crippen molar-refractivity contribution in [3.63, 3.8) is 0 Å². The van der Waals surface area contributed by atoms with Gasteiger partial charge in [-0.15, -0.1) is 0 Å². The number of rotatable bonds is 3. The van der Waals surface area contributed by atoms with Crippen molar-refractivity contribution in [1.29, 1.82) is 0 Å². The monoisotopic (exact) mass is 307 g/mol. The highest BCUT2D eigenvalue weighted by Gasteiger charge is 2.26. The fourth-order valence-electron chi connectivity index (χ4n) is 2.40. The average molecular weight is 308 g/mol. The highest BCUT2D eigenvalue weighted by Crippen LogP contribution is 2.31. The molecule has 3 rings (SSSR count). The van der Waals surface area contributed by atoms with Crippen molar-refractivity contribution in [1.82, 2.24) is 24.7 Å². The third kappa shape index (κ3) is 2.65. The largest absolute Gasteiger partial charge is 0.382 e. The molecule has 112 valence electrons. The first-order valence-corrected chi connectivity index (χ1v) is 7.41. The van der Waals surface area contributed by atoms with Crippen molar-refractivity contribution in [2.75, 3.05) is 11.1 Å². The van der Waals surface area contributed by atoms with Crippen LogP contribution in [0, 0.1) is 0 Å². The normalized spacial score (nSPS) is 17.8. The molecule has 0 spiro atoms. The van der Waals surface area contributed by atoms with Gasteiger partial charge in [0.1, 0.15) is 23.0 Å². The van der Waals surface area contributed by atoms with Crippen molar-refractivity contribution >= 4 is 23.2 Å². The standard InChI is InChI=1S/C13H18ClN7/c1-7(2)11-19-13-8(4-3-5-21(13)20-11)18-12-9(14)10(15)16-6-17-12/h6-8H,3-5H2,1-2H3,(H3,15,16,17,18)/t8-/m0/s1. The van der Waals surface area contributed by atoms with Crippen LogP contribution in [0.15, 0.2) is 6.33 Å². The van der Waals surface area contributed by atoms with E-state index in [0.29, 0.717) is 16.8 Å². The number of aromatic nitrogens is 5. The summed E-state index contributed by atoms with van der Waals surface area (Å²) in [6, 6.07) is 0.0329. The van der Waals surface area contributed by atoms with Crippen LogP contribution in [-0.4, -0.2) is 24.7 Å². The van der Waals surface area contributed by atoms with Gasteiger partial charge in [0.15, 0.2) is 11.6 Å². The number of nitrogen functional groups attached to an aromatic ring is 1. The molecule has 2 aromatic heterocycles. The molecule has 1 aliphatic heterocycles. The number of nitrogens with one attached hydrogen (secondary N) is 1. The Hall–Kier alpha value is -1.89. The van der Waals surface area contributed by atoms with Gasteiger partial charge < -0.3 is 11.1 Å². The van der Waals surface area contributed by atoms with Gasteiger partial charge in [-0.05, 0) is 12.8 Å². The van der Waals surface area contributed by atoms with Crippen LogP contribution in [0.1, 0.15) is 50.3 Å². The van der Waals surface area contributed by atoms with Crippen LogP contribution in [0.2, 0.25) is 5.02 Å². The minimum atomic E-state index is 0.0329. The molecule has 8 heteroatoms. The summed E-state index contributed by atoms with van der Waals surface area (Å²) < 4.78 is 1.97. The molecule has 1 atom stereocenters. The number of hydrogen-bond acceptors (Lipinski definition) is 6. The van der Waals surface area contributed by atoms with E-state index in [4.69, 9.17) is 17.3 Å². The van der Waals surface area contributed by atoms with Crippen molar-refractivity contribution in [3.8, 4) is 0 Å². The highest BCUT2D eigenvalue weighted by molar-refractivity contribution is 6.35. The average Bonchev–Trinajstić information content (AvgIpc) is 2.89. The van der Waals surface area contributed by atoms with Crippen molar-refractivity contribution in [2.45, 2.75) is 45.2 Å². The van der Waals surface area contributed by atoms with E-state index >= 15 is 0 Å². The molecular weight excluding hydrogens is 290 g/mol. The molecule has 3 N–H and O–H groups in total. The molecule has 0 bridgehead atoms. The molecule has 3 heterocycles. The predicted octanol–water partition coefficient (Wildman–Crippen LogP) is 2.37. The summed E-state index contributed by atoms with van der Waals surface area (Å²) in [7, 11) is 0. The maximum atomic E-state index is 6.14. The van der Waals surface area contributed by atoms with Gasteiger partial charge in [0.25, 0.3) is 0 Å². The smallest absolute Gasteiger partial charge is 0.153 e. The van der Waals surface area contributed by atoms with Crippen molar-refractivity contribution in [2.24, 2.45) is 0 Å². The van der Waals surface area contributed by atoms with Gasteiger partial charge in [-0.3, -0.25) is 0 Å². The first kappa shape index (κ1) is 14.1. The number of nitrogens with zero attached hydrogens (tertiary/aromatic N) is 5. The summed E-state index contributed by atoms with van der Waals surface area (Å²) in [5.74, 6) is 2.92. The van der Waals surface area contributed by atoms with Crippen LogP contribution in [0.4, 0.5) is 11.6 Å². The van der Waals surface area contributed by atoms with Gasteiger partial charge in [-0.1, -0.05) is 25.4 Å². The Bertz CT molecular complexity index is 652. The zero-order valence-electron chi connectivity index (χ0n) is 12.0. The zero-order valence-corrected chi connectivity index (χ0v) is 12.8. The number of fused-ring (bicyclic) bond motifs is 1. The zero-order chi connectivity index (χ0) is 15.0. The first-order valence-electron chi connectivity index (χ1n) is 7.03. The maximum Gasteiger partial charge on any atom is 0.153 e. The Balaban J connectivity index is 1.90. The molecule has 0 aromatic carbocycles. The Morgan fingerprint density at radius 3 is 3.00 bits per heavy atom. The van der Waals surface area contributed by atoms with Gasteiger partial charge in [-0.25, -0.2) is 19.6 Å². The molecule has 1 aliphatic rings. The maximum absolute atomic E-state index is 6.14. The Morgan fingerprint density at radius 1 is 1.43 bits per heavy atom. The highest BCUT2D eigenvalue weighted by atomic mass is 35.5. The third-order valence-electron chi connectivity index (χ3n) is 3.53. The van der Waals surface area contributed by atoms with Crippen LogP contribution >= 0.6 is 11.6 Å². The number of anilines is 2. The second kappa shape index (κ2) is 5.48. The Labute approximate surface area is 127 Å². The lowest BCUT2D eigenvalue weighted by Crippen LogP contribution is -2.23. The third-order valence-corrected chi connectivity index (χ3v) is 3.91. The Morgan fingerprint density at radius 2 is 2.24 bits per heavy atom. The van der Waals surface area contributed by atoms with E-state index in [0.717, 1.165) is 31.0 Å². The van der Waals surface area contributed by atoms with E-state index in [1.54, 1.807) is 0 Å². The number of nitrogens with two attached hydrogens (primary N) is 1. The quantitative estimate of drug-likeness (QED) is 0.904. The van der Waals surface area contributed by atoms with Gasteiger partial charge in [-0.2, -0.15) is 5.10 Å². The summed E-state index contributed by atoms with van der Waals surface area (Å²) in [4.78, 5) is 12.7. The number of aryl methyl sites for hydroxylation is 1. The second-order valence-corrected chi connectivity index (χ2v) is 5.84. The molecular formula is C13H18ClN7. The molecule has 0 saturated carbocycles. The lowest BCUT2D eigenvalue weighted by atomic mass is 10.1. The van der Waals surface area contributed by atoms with Crippen LogP contribution in [0.5, 0.6) is 0 Å². The molecule has 7 nitrogen and oxygen atoms in total. The van der Waals surface area contributed by atoms with E-state index < -0.39 is 0 Å². The molecule has 0 unspecified atom stereocenters. The second-order valence-electron chi connectivity index (χ2n) is 5.47. The first-order chi connectivity index (χ1) is 10.1. The molecule has 0 radical (unpaired) electrons. The van der Waals surface area contributed by atoms with Crippen LogP contribution in [0.25, 0.3) is 0 Å². The lowest BCUT2D eigenvalue weighted by molar-refractivity contribution is 0.436. The Kier molecular flexibility index (Phi) is 3.67. The van der Waals surface area contributed by atoms with Crippen LogP contribution in [0.3, 0.4) is 0 Å². The fourth-order valence-corrected chi connectivity index (χ4v) is 2.55. The molecule has 0 fully saturated rings. The van der Waals surface area contributed by atoms with E-state index in [-0.39, 0.29) is 11.9 Å². The van der Waals surface area contributed by atoms with Crippen molar-refractivity contribution in [3.05, 3.63) is 23.0 Å². The number of hydrogen-bond donors (Lipinski definition) is 2. The van der Waals surface area contributed by atoms with Gasteiger partial charge in [0.05, 0.1) is 6.04 Å². The SMILES string of the molecule is CC(C)c1nc2n(n1)CCC[C@@H]2Nc1ncnc(N)c1Cl. The summed E-state index contributed by atoms with van der Waals surface area (Å²) >= 11 is 6.14. The summed E-state index contributed by atoms with van der Waals surface area (Å²) in [6.45, 7) is 5.07. The lowest BCUT2D eigenvalue weighted by Gasteiger charge is -2.23. The fraction of sp³-hybridized carbons (Fsp3) is 0.538. The van der Waals surface area contributed by atoms with E-state index in [1.165, 1.54) is 6.33 Å². The van der Waals surface area contributed by atoms with E-state index in [9.17, 15) is 0 Å². The summed E-state index contributed by atoms with van der Waals surface area (Å²) in [5.41, 5.74) is 5.71. The van der Waals surface area contributed by atoms with Gasteiger partial charge in [0, 0.05) is 12.5 Å². The molecule has 0 amide bonds. The number of halogens is 1. The molecule has 0 aliphatic carbocycles. The van der Waals surface area contributed by atoms with Crippen LogP contribution < -0.4 is 11.1 Å².